The van der Waals surface area contributed by atoms with E-state index in [2.05, 4.69) is 39.1 Å². The molecule has 1 N–H and O–H groups in total. The third kappa shape index (κ3) is 3.58. The molecule has 0 atom stereocenters. The van der Waals surface area contributed by atoms with Crippen LogP contribution in [0.15, 0.2) is 6.07 Å². The SMILES string of the molecule is CCc1sc(C(C)(C)C)cc1NC(=O)C(C)(C)C. The maximum Gasteiger partial charge on any atom is 0.229 e. The fourth-order valence-corrected chi connectivity index (χ4v) is 2.59. The fraction of sp³-hybridized carbons (Fsp3) is 0.667. The van der Waals surface area contributed by atoms with E-state index in [-0.39, 0.29) is 16.7 Å². The van der Waals surface area contributed by atoms with Gasteiger partial charge in [0.2, 0.25) is 5.91 Å². The molecule has 0 aromatic carbocycles. The molecular weight excluding hydrogens is 242 g/mol. The van der Waals surface area contributed by atoms with Crippen LogP contribution in [0.1, 0.15) is 58.2 Å². The number of hydrogen-bond donors (Lipinski definition) is 1. The normalized spacial score (nSPS) is 12.6. The van der Waals surface area contributed by atoms with Crippen LogP contribution in [0.25, 0.3) is 0 Å². The number of thiophene rings is 1. The fourth-order valence-electron chi connectivity index (χ4n) is 1.48. The van der Waals surface area contributed by atoms with Crippen molar-refractivity contribution < 1.29 is 4.79 Å². The topological polar surface area (TPSA) is 29.1 Å². The van der Waals surface area contributed by atoms with Crippen LogP contribution >= 0.6 is 11.3 Å². The van der Waals surface area contributed by atoms with Gasteiger partial charge in [0.15, 0.2) is 0 Å². The minimum Gasteiger partial charge on any atom is -0.325 e. The summed E-state index contributed by atoms with van der Waals surface area (Å²) < 4.78 is 0. The monoisotopic (exact) mass is 267 g/mol. The zero-order valence-corrected chi connectivity index (χ0v) is 13.4. The van der Waals surface area contributed by atoms with Crippen LogP contribution in [-0.4, -0.2) is 5.91 Å². The van der Waals surface area contributed by atoms with E-state index in [1.165, 1.54) is 9.75 Å². The quantitative estimate of drug-likeness (QED) is 0.834. The molecule has 18 heavy (non-hydrogen) atoms. The van der Waals surface area contributed by atoms with Gasteiger partial charge in [-0.2, -0.15) is 0 Å². The number of carbonyl (C=O) groups excluding carboxylic acids is 1. The smallest absolute Gasteiger partial charge is 0.229 e. The van der Waals surface area contributed by atoms with E-state index in [9.17, 15) is 4.79 Å². The Morgan fingerprint density at radius 2 is 1.78 bits per heavy atom. The summed E-state index contributed by atoms with van der Waals surface area (Å²) in [5, 5.41) is 3.07. The van der Waals surface area contributed by atoms with Crippen molar-refractivity contribution >= 4 is 22.9 Å². The van der Waals surface area contributed by atoms with Crippen molar-refractivity contribution in [3.05, 3.63) is 15.8 Å². The minimum absolute atomic E-state index is 0.0791. The second kappa shape index (κ2) is 5.04. The molecule has 1 aromatic heterocycles. The Balaban J connectivity index is 3.03. The van der Waals surface area contributed by atoms with Gasteiger partial charge in [-0.1, -0.05) is 48.5 Å². The summed E-state index contributed by atoms with van der Waals surface area (Å²) in [6.45, 7) is 14.5. The maximum atomic E-state index is 12.1. The van der Waals surface area contributed by atoms with Gasteiger partial charge in [-0.25, -0.2) is 0 Å². The van der Waals surface area contributed by atoms with E-state index in [0.29, 0.717) is 0 Å². The van der Waals surface area contributed by atoms with Gasteiger partial charge in [0.25, 0.3) is 0 Å². The predicted molar refractivity (Wildman–Crippen MR) is 80.5 cm³/mol. The summed E-state index contributed by atoms with van der Waals surface area (Å²) in [6, 6.07) is 2.13. The lowest BCUT2D eigenvalue weighted by Gasteiger charge is -2.18. The van der Waals surface area contributed by atoms with Crippen LogP contribution in [0.3, 0.4) is 0 Å². The standard InChI is InChI=1S/C15H25NOS/c1-8-11-10(16-13(17)15(5,6)7)9-12(18-11)14(2,3)4/h9H,8H2,1-7H3,(H,16,17). The molecule has 2 nitrogen and oxygen atoms in total. The Kier molecular flexibility index (Phi) is 4.26. The minimum atomic E-state index is -0.352. The molecule has 0 bridgehead atoms. The zero-order chi connectivity index (χ0) is 14.1. The molecule has 0 aliphatic heterocycles. The highest BCUT2D eigenvalue weighted by Crippen LogP contribution is 2.36. The average molecular weight is 267 g/mol. The molecule has 102 valence electrons. The molecule has 1 rings (SSSR count). The van der Waals surface area contributed by atoms with Crippen LogP contribution in [-0.2, 0) is 16.6 Å². The van der Waals surface area contributed by atoms with Gasteiger partial charge in [-0.3, -0.25) is 4.79 Å². The molecule has 0 saturated carbocycles. The largest absolute Gasteiger partial charge is 0.325 e. The Morgan fingerprint density at radius 3 is 2.17 bits per heavy atom. The summed E-state index contributed by atoms with van der Waals surface area (Å²) in [7, 11) is 0. The average Bonchev–Trinajstić information content (AvgIpc) is 2.59. The highest BCUT2D eigenvalue weighted by atomic mass is 32.1. The van der Waals surface area contributed by atoms with Crippen LogP contribution in [0.2, 0.25) is 0 Å². The van der Waals surface area contributed by atoms with Crippen molar-refractivity contribution in [2.24, 2.45) is 5.41 Å². The van der Waals surface area contributed by atoms with E-state index in [1.807, 2.05) is 20.8 Å². The van der Waals surface area contributed by atoms with Gasteiger partial charge >= 0.3 is 0 Å². The Morgan fingerprint density at radius 1 is 1.22 bits per heavy atom. The maximum absolute atomic E-state index is 12.1. The van der Waals surface area contributed by atoms with Crippen molar-refractivity contribution in [2.75, 3.05) is 5.32 Å². The van der Waals surface area contributed by atoms with E-state index in [4.69, 9.17) is 0 Å². The molecule has 1 heterocycles. The highest BCUT2D eigenvalue weighted by Gasteiger charge is 2.24. The van der Waals surface area contributed by atoms with Crippen molar-refractivity contribution in [3.63, 3.8) is 0 Å². The lowest BCUT2D eigenvalue weighted by atomic mass is 9.94. The molecule has 0 aliphatic rings. The number of carbonyl (C=O) groups is 1. The van der Waals surface area contributed by atoms with Crippen LogP contribution in [0.5, 0.6) is 0 Å². The molecule has 1 aromatic rings. The van der Waals surface area contributed by atoms with Crippen molar-refractivity contribution in [3.8, 4) is 0 Å². The molecule has 1 amide bonds. The Hall–Kier alpha value is -0.830. The first-order chi connectivity index (χ1) is 8.05. The molecule has 0 aliphatic carbocycles. The van der Waals surface area contributed by atoms with Crippen molar-refractivity contribution in [1.82, 2.24) is 0 Å². The summed E-state index contributed by atoms with van der Waals surface area (Å²) in [6.07, 6.45) is 0.959. The number of nitrogens with one attached hydrogen (secondary N) is 1. The van der Waals surface area contributed by atoms with Crippen LogP contribution < -0.4 is 5.32 Å². The number of aryl methyl sites for hydroxylation is 1. The second-order valence-corrected chi connectivity index (χ2v) is 7.89. The lowest BCUT2D eigenvalue weighted by molar-refractivity contribution is -0.123. The summed E-state index contributed by atoms with van der Waals surface area (Å²) in [5.41, 5.74) is 0.779. The number of hydrogen-bond acceptors (Lipinski definition) is 2. The van der Waals surface area contributed by atoms with Gasteiger partial charge in [0, 0.05) is 15.2 Å². The first-order valence-electron chi connectivity index (χ1n) is 6.50. The van der Waals surface area contributed by atoms with E-state index in [1.54, 1.807) is 11.3 Å². The molecule has 0 unspecified atom stereocenters. The number of anilines is 1. The lowest BCUT2D eigenvalue weighted by Crippen LogP contribution is -2.27. The molecular formula is C15H25NOS. The second-order valence-electron chi connectivity index (χ2n) is 6.76. The van der Waals surface area contributed by atoms with Crippen molar-refractivity contribution in [1.29, 1.82) is 0 Å². The molecule has 0 saturated heterocycles. The van der Waals surface area contributed by atoms with Gasteiger partial charge in [-0.15, -0.1) is 11.3 Å². The summed E-state index contributed by atoms with van der Waals surface area (Å²) in [5.74, 6) is 0.0791. The third-order valence-corrected chi connectivity index (χ3v) is 4.50. The molecule has 3 heteroatoms. The van der Waals surface area contributed by atoms with Gasteiger partial charge < -0.3 is 5.32 Å². The first-order valence-corrected chi connectivity index (χ1v) is 7.32. The van der Waals surface area contributed by atoms with Gasteiger partial charge in [0.05, 0.1) is 5.69 Å². The van der Waals surface area contributed by atoms with Gasteiger partial charge in [-0.05, 0) is 17.9 Å². The summed E-state index contributed by atoms with van der Waals surface area (Å²) in [4.78, 5) is 14.6. The van der Waals surface area contributed by atoms with E-state index in [0.717, 1.165) is 12.1 Å². The van der Waals surface area contributed by atoms with Crippen LogP contribution in [0.4, 0.5) is 5.69 Å². The zero-order valence-electron chi connectivity index (χ0n) is 12.6. The van der Waals surface area contributed by atoms with Crippen LogP contribution in [0, 0.1) is 5.41 Å². The third-order valence-electron chi connectivity index (χ3n) is 2.80. The highest BCUT2D eigenvalue weighted by molar-refractivity contribution is 7.12. The predicted octanol–water partition coefficient (Wildman–Crippen LogP) is 4.59. The number of rotatable bonds is 2. The molecule has 0 spiro atoms. The first kappa shape index (κ1) is 15.2. The Labute approximate surface area is 115 Å². The molecule has 0 radical (unpaired) electrons. The van der Waals surface area contributed by atoms with Crippen molar-refractivity contribution in [2.45, 2.75) is 60.3 Å². The molecule has 0 fully saturated rings. The Bertz CT molecular complexity index is 432. The van der Waals surface area contributed by atoms with Gasteiger partial charge in [0.1, 0.15) is 0 Å². The van der Waals surface area contributed by atoms with E-state index >= 15 is 0 Å². The summed E-state index contributed by atoms with van der Waals surface area (Å²) >= 11 is 1.80. The van der Waals surface area contributed by atoms with E-state index < -0.39 is 0 Å². The number of amides is 1.